The Kier molecular flexibility index (Phi) is 11.1. The summed E-state index contributed by atoms with van der Waals surface area (Å²) in [6, 6.07) is 11.9. The minimum atomic E-state index is -3.61. The van der Waals surface area contributed by atoms with Crippen molar-refractivity contribution in [1.29, 1.82) is 0 Å². The first-order valence-corrected chi connectivity index (χ1v) is 14.0. The highest BCUT2D eigenvalue weighted by atomic mass is 35.5. The topological polar surface area (TPSA) is 83.1 Å². The van der Waals surface area contributed by atoms with Crippen molar-refractivity contribution in [3.8, 4) is 5.75 Å². The van der Waals surface area contributed by atoms with Crippen LogP contribution in [0.1, 0.15) is 37.0 Å². The maximum absolute atomic E-state index is 13.5. The number of amides is 1. The predicted molar refractivity (Wildman–Crippen MR) is 149 cm³/mol. The third kappa shape index (κ3) is 6.95. The molecule has 0 bridgehead atoms. The lowest BCUT2D eigenvalue weighted by atomic mass is 10.2. The van der Waals surface area contributed by atoms with E-state index in [0.29, 0.717) is 42.6 Å². The monoisotopic (exact) mass is 554 g/mol. The molecule has 0 aliphatic carbocycles. The van der Waals surface area contributed by atoms with Crippen molar-refractivity contribution < 1.29 is 17.9 Å². The van der Waals surface area contributed by atoms with Gasteiger partial charge in [0.2, 0.25) is 10.0 Å². The summed E-state index contributed by atoms with van der Waals surface area (Å²) in [5, 5.41) is 0.592. The molecule has 0 spiro atoms. The fourth-order valence-electron chi connectivity index (χ4n) is 3.65. The van der Waals surface area contributed by atoms with Crippen molar-refractivity contribution in [2.75, 3.05) is 52.3 Å². The number of benzene rings is 2. The number of thiazole rings is 1. The van der Waals surface area contributed by atoms with E-state index in [1.54, 1.807) is 24.1 Å². The number of hydrogen-bond donors (Lipinski definition) is 0. The molecule has 1 heterocycles. The quantitative estimate of drug-likeness (QED) is 0.321. The molecular formula is C25H35ClN4O4S2. The summed E-state index contributed by atoms with van der Waals surface area (Å²) < 4.78 is 33.9. The van der Waals surface area contributed by atoms with Crippen LogP contribution < -0.4 is 9.64 Å². The first-order valence-electron chi connectivity index (χ1n) is 11.7. The number of likely N-dealkylation sites (N-methyl/N-ethyl adjacent to an activating group) is 1. The van der Waals surface area contributed by atoms with Gasteiger partial charge in [-0.25, -0.2) is 13.4 Å². The molecule has 0 aliphatic heterocycles. The zero-order chi connectivity index (χ0) is 25.6. The van der Waals surface area contributed by atoms with E-state index in [4.69, 9.17) is 4.74 Å². The van der Waals surface area contributed by atoms with Crippen molar-refractivity contribution in [3.63, 3.8) is 0 Å². The second-order valence-corrected chi connectivity index (χ2v) is 11.5. The SMILES string of the molecule is CCCN(CCC)S(=O)(=O)c1ccc(C(=O)N(CCN(C)C)c2nc3cc(OC)ccc3s2)cc1.Cl. The second kappa shape index (κ2) is 13.3. The van der Waals surface area contributed by atoms with Gasteiger partial charge in [0, 0.05) is 37.8 Å². The molecule has 198 valence electrons. The van der Waals surface area contributed by atoms with E-state index in [1.807, 2.05) is 51.0 Å². The number of carbonyl (C=O) groups excluding carboxylic acids is 1. The molecule has 0 saturated heterocycles. The maximum atomic E-state index is 13.5. The fourth-order valence-corrected chi connectivity index (χ4v) is 6.24. The molecule has 3 rings (SSSR count). The molecule has 0 N–H and O–H groups in total. The first kappa shape index (κ1) is 30.0. The van der Waals surface area contributed by atoms with Crippen LogP contribution >= 0.6 is 23.7 Å². The van der Waals surface area contributed by atoms with Gasteiger partial charge in [0.25, 0.3) is 5.91 Å². The van der Waals surface area contributed by atoms with Crippen LogP contribution in [0.3, 0.4) is 0 Å². The lowest BCUT2D eigenvalue weighted by molar-refractivity contribution is 0.0985. The molecule has 11 heteroatoms. The summed E-state index contributed by atoms with van der Waals surface area (Å²) in [7, 11) is 1.90. The largest absolute Gasteiger partial charge is 0.497 e. The van der Waals surface area contributed by atoms with Gasteiger partial charge in [-0.3, -0.25) is 9.69 Å². The summed E-state index contributed by atoms with van der Waals surface area (Å²) >= 11 is 1.44. The molecule has 0 aliphatic rings. The van der Waals surface area contributed by atoms with Crippen LogP contribution in [0, 0.1) is 0 Å². The van der Waals surface area contributed by atoms with Crippen LogP contribution in [0.15, 0.2) is 47.4 Å². The van der Waals surface area contributed by atoms with Crippen LogP contribution in [0.25, 0.3) is 10.2 Å². The van der Waals surface area contributed by atoms with Gasteiger partial charge >= 0.3 is 0 Å². The summed E-state index contributed by atoms with van der Waals surface area (Å²) in [5.74, 6) is 0.485. The Bertz CT molecular complexity index is 1240. The van der Waals surface area contributed by atoms with Gasteiger partial charge in [-0.2, -0.15) is 4.31 Å². The Labute approximate surface area is 224 Å². The number of fused-ring (bicyclic) bond motifs is 1. The third-order valence-electron chi connectivity index (χ3n) is 5.52. The summed E-state index contributed by atoms with van der Waals surface area (Å²) in [5.41, 5.74) is 1.18. The number of nitrogens with zero attached hydrogens (tertiary/aromatic N) is 4. The maximum Gasteiger partial charge on any atom is 0.260 e. The van der Waals surface area contributed by atoms with E-state index in [2.05, 4.69) is 4.98 Å². The zero-order valence-electron chi connectivity index (χ0n) is 21.4. The summed E-state index contributed by atoms with van der Waals surface area (Å²) in [4.78, 5) is 22.1. The molecule has 2 aromatic carbocycles. The molecule has 0 radical (unpaired) electrons. The average Bonchev–Trinajstić information content (AvgIpc) is 3.26. The van der Waals surface area contributed by atoms with Crippen molar-refractivity contribution in [2.24, 2.45) is 0 Å². The average molecular weight is 555 g/mol. The molecule has 36 heavy (non-hydrogen) atoms. The number of ether oxygens (including phenoxy) is 1. The Morgan fingerprint density at radius 2 is 1.61 bits per heavy atom. The lowest BCUT2D eigenvalue weighted by Gasteiger charge is -2.23. The van der Waals surface area contributed by atoms with E-state index < -0.39 is 10.0 Å². The highest BCUT2D eigenvalue weighted by Gasteiger charge is 2.25. The van der Waals surface area contributed by atoms with Gasteiger partial charge < -0.3 is 9.64 Å². The standard InChI is InChI=1S/C25H34N4O4S2.ClH/c1-6-14-28(15-7-2)35(31,32)21-11-8-19(9-12-21)24(30)29(17-16-27(3)4)25-26-22-18-20(33-5)10-13-23(22)34-25;/h8-13,18H,6-7,14-17H2,1-5H3;1H. The van der Waals surface area contributed by atoms with E-state index >= 15 is 0 Å². The number of methoxy groups -OCH3 is 1. The van der Waals surface area contributed by atoms with E-state index in [1.165, 1.54) is 27.8 Å². The molecule has 8 nitrogen and oxygen atoms in total. The molecule has 3 aromatic rings. The van der Waals surface area contributed by atoms with Crippen LogP contribution in [0.2, 0.25) is 0 Å². The van der Waals surface area contributed by atoms with Crippen LogP contribution in [0.5, 0.6) is 5.75 Å². The number of aromatic nitrogens is 1. The smallest absolute Gasteiger partial charge is 0.260 e. The highest BCUT2D eigenvalue weighted by molar-refractivity contribution is 7.89. The number of anilines is 1. The molecule has 0 unspecified atom stereocenters. The lowest BCUT2D eigenvalue weighted by Crippen LogP contribution is -2.36. The fraction of sp³-hybridized carbons (Fsp3) is 0.440. The summed E-state index contributed by atoms with van der Waals surface area (Å²) in [6.07, 6.45) is 1.48. The molecule has 1 aromatic heterocycles. The normalized spacial score (nSPS) is 11.6. The van der Waals surface area contributed by atoms with Gasteiger partial charge in [-0.1, -0.05) is 25.2 Å². The van der Waals surface area contributed by atoms with Crippen molar-refractivity contribution >= 4 is 55.0 Å². The Hall–Kier alpha value is -2.24. The Morgan fingerprint density at radius 1 is 0.972 bits per heavy atom. The van der Waals surface area contributed by atoms with Gasteiger partial charge in [-0.15, -0.1) is 12.4 Å². The van der Waals surface area contributed by atoms with E-state index in [-0.39, 0.29) is 23.2 Å². The van der Waals surface area contributed by atoms with Crippen LogP contribution in [-0.4, -0.2) is 75.9 Å². The number of carbonyl (C=O) groups is 1. The van der Waals surface area contributed by atoms with Crippen molar-refractivity contribution in [3.05, 3.63) is 48.0 Å². The zero-order valence-corrected chi connectivity index (χ0v) is 23.9. The molecule has 0 fully saturated rings. The molecule has 0 saturated carbocycles. The van der Waals surface area contributed by atoms with E-state index in [0.717, 1.165) is 23.1 Å². The van der Waals surface area contributed by atoms with Gasteiger partial charge in [0.05, 0.1) is 22.2 Å². The molecular weight excluding hydrogens is 520 g/mol. The Balaban J connectivity index is 0.00000456. The minimum Gasteiger partial charge on any atom is -0.497 e. The molecule has 1 amide bonds. The predicted octanol–water partition coefficient (Wildman–Crippen LogP) is 4.75. The van der Waals surface area contributed by atoms with Crippen molar-refractivity contribution in [1.82, 2.24) is 14.2 Å². The molecule has 0 atom stereocenters. The first-order chi connectivity index (χ1) is 16.7. The number of hydrogen-bond acceptors (Lipinski definition) is 7. The number of halogens is 1. The van der Waals surface area contributed by atoms with E-state index in [9.17, 15) is 13.2 Å². The minimum absolute atomic E-state index is 0. The van der Waals surface area contributed by atoms with Gasteiger partial charge in [0.15, 0.2) is 5.13 Å². The second-order valence-electron chi connectivity index (χ2n) is 8.52. The van der Waals surface area contributed by atoms with Gasteiger partial charge in [0.1, 0.15) is 5.75 Å². The highest BCUT2D eigenvalue weighted by Crippen LogP contribution is 2.32. The third-order valence-corrected chi connectivity index (χ3v) is 8.49. The number of sulfonamides is 1. The Morgan fingerprint density at radius 3 is 2.17 bits per heavy atom. The summed E-state index contributed by atoms with van der Waals surface area (Å²) in [6.45, 7) is 5.96. The van der Waals surface area contributed by atoms with Crippen LogP contribution in [0.4, 0.5) is 5.13 Å². The van der Waals surface area contributed by atoms with Crippen LogP contribution in [-0.2, 0) is 10.0 Å². The number of rotatable bonds is 12. The van der Waals surface area contributed by atoms with Gasteiger partial charge in [-0.05, 0) is 63.3 Å². The van der Waals surface area contributed by atoms with Crippen molar-refractivity contribution in [2.45, 2.75) is 31.6 Å².